The van der Waals surface area contributed by atoms with E-state index in [1.807, 2.05) is 0 Å². The molecule has 0 saturated carbocycles. The van der Waals surface area contributed by atoms with Crippen LogP contribution in [0.5, 0.6) is 5.75 Å². The van der Waals surface area contributed by atoms with E-state index >= 15 is 0 Å². The molecule has 0 amide bonds. The maximum absolute atomic E-state index is 13.9. The van der Waals surface area contributed by atoms with Crippen molar-refractivity contribution in [2.24, 2.45) is 0 Å². The molecule has 1 aromatic carbocycles. The number of rotatable bonds is 3. The van der Waals surface area contributed by atoms with Gasteiger partial charge in [0.1, 0.15) is 28.7 Å². The molecule has 0 aliphatic carbocycles. The zero-order chi connectivity index (χ0) is 12.4. The minimum absolute atomic E-state index is 0.219. The first-order valence-corrected chi connectivity index (χ1v) is 5.47. The molecule has 6 heteroatoms. The summed E-state index contributed by atoms with van der Waals surface area (Å²) in [4.78, 5) is 14.6. The number of ether oxygens (including phenoxy) is 1. The van der Waals surface area contributed by atoms with Crippen molar-refractivity contribution in [3.8, 4) is 11.4 Å². The largest absolute Gasteiger partial charge is 0.494 e. The van der Waals surface area contributed by atoms with Gasteiger partial charge in [-0.1, -0.05) is 0 Å². The molecular formula is C11H8BrFN2O2. The van der Waals surface area contributed by atoms with E-state index in [9.17, 15) is 9.18 Å². The topological polar surface area (TPSA) is 44.1 Å². The fourth-order valence-electron chi connectivity index (χ4n) is 1.49. The third kappa shape index (κ3) is 2.21. The number of carbonyl (C=O) groups is 1. The van der Waals surface area contributed by atoms with Crippen LogP contribution in [-0.4, -0.2) is 22.9 Å². The van der Waals surface area contributed by atoms with Gasteiger partial charge in [0.2, 0.25) is 0 Å². The van der Waals surface area contributed by atoms with E-state index in [-0.39, 0.29) is 17.0 Å². The van der Waals surface area contributed by atoms with Crippen LogP contribution in [0.1, 0.15) is 10.4 Å². The molecule has 0 aliphatic heterocycles. The Labute approximate surface area is 105 Å². The van der Waals surface area contributed by atoms with Crippen molar-refractivity contribution in [2.45, 2.75) is 0 Å². The predicted molar refractivity (Wildman–Crippen MR) is 63.2 cm³/mol. The molecular weight excluding hydrogens is 291 g/mol. The average Bonchev–Trinajstić information content (AvgIpc) is 2.74. The Balaban J connectivity index is 2.64. The summed E-state index contributed by atoms with van der Waals surface area (Å²) in [6.07, 6.45) is 3.62. The molecule has 88 valence electrons. The number of imidazole rings is 1. The Morgan fingerprint density at radius 3 is 2.82 bits per heavy atom. The molecule has 2 aromatic rings. The lowest BCUT2D eigenvalue weighted by Crippen LogP contribution is -2.01. The summed E-state index contributed by atoms with van der Waals surface area (Å²) in [5.74, 6) is -0.270. The molecule has 0 spiro atoms. The van der Waals surface area contributed by atoms with Gasteiger partial charge in [0, 0.05) is 11.8 Å². The lowest BCUT2D eigenvalue weighted by molar-refractivity contribution is 0.112. The van der Waals surface area contributed by atoms with Crippen LogP contribution < -0.4 is 4.74 Å². The molecule has 1 heterocycles. The summed E-state index contributed by atoms with van der Waals surface area (Å²) in [6.45, 7) is 0. The zero-order valence-electron chi connectivity index (χ0n) is 8.85. The standard InChI is InChI=1S/C11H8BrFN2O2/c1-17-9-3-7(5-16)2-8(13)11(9)15-4-10(12)14-6-15/h2-6H,1H3. The highest BCUT2D eigenvalue weighted by Crippen LogP contribution is 2.27. The van der Waals surface area contributed by atoms with Gasteiger partial charge < -0.3 is 4.74 Å². The Morgan fingerprint density at radius 2 is 2.29 bits per heavy atom. The van der Waals surface area contributed by atoms with Crippen LogP contribution in [0.25, 0.3) is 5.69 Å². The Morgan fingerprint density at radius 1 is 1.53 bits per heavy atom. The third-order valence-electron chi connectivity index (χ3n) is 2.22. The third-order valence-corrected chi connectivity index (χ3v) is 2.63. The van der Waals surface area contributed by atoms with E-state index in [1.165, 1.54) is 24.1 Å². The number of halogens is 2. The van der Waals surface area contributed by atoms with Gasteiger partial charge in [-0.05, 0) is 28.1 Å². The fraction of sp³-hybridized carbons (Fsp3) is 0.0909. The van der Waals surface area contributed by atoms with Crippen molar-refractivity contribution in [3.63, 3.8) is 0 Å². The number of carbonyl (C=O) groups excluding carboxylic acids is 1. The highest BCUT2D eigenvalue weighted by molar-refractivity contribution is 9.10. The molecule has 0 atom stereocenters. The van der Waals surface area contributed by atoms with E-state index in [4.69, 9.17) is 4.74 Å². The number of hydrogen-bond acceptors (Lipinski definition) is 3. The van der Waals surface area contributed by atoms with Crippen molar-refractivity contribution >= 4 is 22.2 Å². The van der Waals surface area contributed by atoms with Crippen LogP contribution in [0.3, 0.4) is 0 Å². The summed E-state index contributed by atoms with van der Waals surface area (Å²) < 4.78 is 21.0. The van der Waals surface area contributed by atoms with Gasteiger partial charge in [-0.2, -0.15) is 0 Å². The van der Waals surface area contributed by atoms with Crippen LogP contribution in [0.4, 0.5) is 4.39 Å². The van der Waals surface area contributed by atoms with Crippen LogP contribution >= 0.6 is 15.9 Å². The average molecular weight is 299 g/mol. The van der Waals surface area contributed by atoms with Crippen molar-refractivity contribution < 1.29 is 13.9 Å². The first kappa shape index (κ1) is 11.8. The van der Waals surface area contributed by atoms with Crippen LogP contribution in [0.15, 0.2) is 29.3 Å². The lowest BCUT2D eigenvalue weighted by Gasteiger charge is -2.10. The van der Waals surface area contributed by atoms with E-state index in [0.29, 0.717) is 10.9 Å². The zero-order valence-corrected chi connectivity index (χ0v) is 10.4. The fourth-order valence-corrected chi connectivity index (χ4v) is 1.80. The molecule has 4 nitrogen and oxygen atoms in total. The van der Waals surface area contributed by atoms with Gasteiger partial charge in [0.25, 0.3) is 0 Å². The van der Waals surface area contributed by atoms with E-state index < -0.39 is 5.82 Å². The number of benzene rings is 1. The smallest absolute Gasteiger partial charge is 0.151 e. The molecule has 0 saturated heterocycles. The Hall–Kier alpha value is -1.69. The normalized spacial score (nSPS) is 10.3. The minimum Gasteiger partial charge on any atom is -0.494 e. The number of aromatic nitrogens is 2. The monoisotopic (exact) mass is 298 g/mol. The first-order chi connectivity index (χ1) is 8.15. The quantitative estimate of drug-likeness (QED) is 0.818. The van der Waals surface area contributed by atoms with Gasteiger partial charge in [0.15, 0.2) is 5.82 Å². The summed E-state index contributed by atoms with van der Waals surface area (Å²) in [7, 11) is 1.42. The van der Waals surface area contributed by atoms with Crippen LogP contribution in [0.2, 0.25) is 0 Å². The summed E-state index contributed by atoms with van der Waals surface area (Å²) in [6, 6.07) is 2.62. The second-order valence-electron chi connectivity index (χ2n) is 3.28. The van der Waals surface area contributed by atoms with Crippen molar-refractivity contribution in [1.29, 1.82) is 0 Å². The SMILES string of the molecule is COc1cc(C=O)cc(F)c1-n1cnc(Br)c1. The molecule has 0 fully saturated rings. The molecule has 0 radical (unpaired) electrons. The highest BCUT2D eigenvalue weighted by Gasteiger charge is 2.14. The Bertz CT molecular complexity index is 569. The maximum Gasteiger partial charge on any atom is 0.151 e. The number of hydrogen-bond donors (Lipinski definition) is 0. The van der Waals surface area contributed by atoms with Crippen LogP contribution in [-0.2, 0) is 0 Å². The maximum atomic E-state index is 13.9. The molecule has 2 rings (SSSR count). The van der Waals surface area contributed by atoms with E-state index in [1.54, 1.807) is 6.20 Å². The molecule has 1 aromatic heterocycles. The van der Waals surface area contributed by atoms with Gasteiger partial charge in [-0.3, -0.25) is 9.36 Å². The molecule has 0 unspecified atom stereocenters. The van der Waals surface area contributed by atoms with Crippen LogP contribution in [0, 0.1) is 5.82 Å². The second-order valence-corrected chi connectivity index (χ2v) is 4.09. The van der Waals surface area contributed by atoms with Gasteiger partial charge in [0.05, 0.1) is 7.11 Å². The first-order valence-electron chi connectivity index (χ1n) is 4.68. The number of nitrogens with zero attached hydrogens (tertiary/aromatic N) is 2. The second kappa shape index (κ2) is 4.67. The van der Waals surface area contributed by atoms with Crippen molar-refractivity contribution in [2.75, 3.05) is 7.11 Å². The number of aldehydes is 1. The summed E-state index contributed by atoms with van der Waals surface area (Å²) in [5.41, 5.74) is 0.443. The summed E-state index contributed by atoms with van der Waals surface area (Å²) in [5, 5.41) is 0. The molecule has 0 aliphatic rings. The molecule has 17 heavy (non-hydrogen) atoms. The lowest BCUT2D eigenvalue weighted by atomic mass is 10.2. The van der Waals surface area contributed by atoms with E-state index in [0.717, 1.165) is 6.07 Å². The van der Waals surface area contributed by atoms with Crippen molar-refractivity contribution in [3.05, 3.63) is 40.6 Å². The van der Waals surface area contributed by atoms with Gasteiger partial charge in [-0.15, -0.1) is 0 Å². The highest BCUT2D eigenvalue weighted by atomic mass is 79.9. The molecule has 0 bridgehead atoms. The molecule has 0 N–H and O–H groups in total. The Kier molecular flexibility index (Phi) is 3.23. The predicted octanol–water partition coefficient (Wildman–Crippen LogP) is 2.60. The summed E-state index contributed by atoms with van der Waals surface area (Å²) >= 11 is 3.18. The van der Waals surface area contributed by atoms with E-state index in [2.05, 4.69) is 20.9 Å². The minimum atomic E-state index is -0.545. The van der Waals surface area contributed by atoms with Crippen molar-refractivity contribution in [1.82, 2.24) is 9.55 Å². The number of methoxy groups -OCH3 is 1. The van der Waals surface area contributed by atoms with Gasteiger partial charge in [-0.25, -0.2) is 9.37 Å². The van der Waals surface area contributed by atoms with Gasteiger partial charge >= 0.3 is 0 Å².